The summed E-state index contributed by atoms with van der Waals surface area (Å²) in [5, 5.41) is 8.09. The highest BCUT2D eigenvalue weighted by Crippen LogP contribution is 2.36. The summed E-state index contributed by atoms with van der Waals surface area (Å²) >= 11 is 10.2. The smallest absolute Gasteiger partial charge is 0.253 e. The predicted molar refractivity (Wildman–Crippen MR) is 74.6 cm³/mol. The van der Waals surface area contributed by atoms with Gasteiger partial charge in [0.15, 0.2) is 0 Å². The molecule has 3 heterocycles. The number of aromatic nitrogens is 3. The molecule has 0 amide bonds. The second kappa shape index (κ2) is 4.81. The number of nitrogens with zero attached hydrogens (tertiary/aromatic N) is 4. The molecule has 19 heavy (non-hydrogen) atoms. The van der Waals surface area contributed by atoms with E-state index in [-0.39, 0.29) is 10.8 Å². The minimum absolute atomic E-state index is 0.232. The Hall–Kier alpha value is -0.480. The maximum absolute atomic E-state index is 12.5. The maximum atomic E-state index is 12.5. The Kier molecular flexibility index (Phi) is 3.42. The fourth-order valence-electron chi connectivity index (χ4n) is 1.83. The quantitative estimate of drug-likeness (QED) is 0.795. The zero-order valence-electron chi connectivity index (χ0n) is 9.45. The minimum Gasteiger partial charge on any atom is -0.315 e. The molecule has 0 atom stereocenters. The van der Waals surface area contributed by atoms with Gasteiger partial charge in [0.25, 0.3) is 10.0 Å². The van der Waals surface area contributed by atoms with Gasteiger partial charge in [0.2, 0.25) is 0 Å². The van der Waals surface area contributed by atoms with Crippen molar-refractivity contribution in [1.82, 2.24) is 19.1 Å². The van der Waals surface area contributed by atoms with Gasteiger partial charge in [-0.05, 0) is 22.0 Å². The van der Waals surface area contributed by atoms with E-state index in [0.29, 0.717) is 27.7 Å². The van der Waals surface area contributed by atoms with Crippen LogP contribution in [0.4, 0.5) is 0 Å². The van der Waals surface area contributed by atoms with Crippen LogP contribution in [0, 0.1) is 0 Å². The van der Waals surface area contributed by atoms with Gasteiger partial charge in [-0.3, -0.25) is 0 Å². The fourth-order valence-corrected chi connectivity index (χ4v) is 5.77. The number of hydrogen-bond acceptors (Lipinski definition) is 5. The highest BCUT2D eigenvalue weighted by Gasteiger charge is 2.31. The summed E-state index contributed by atoms with van der Waals surface area (Å²) in [5.41, 5.74) is 0. The third-order valence-corrected chi connectivity index (χ3v) is 7.59. The van der Waals surface area contributed by atoms with Crippen LogP contribution in [-0.2, 0) is 23.1 Å². The molecule has 2 aromatic heterocycles. The Morgan fingerprint density at radius 2 is 2.21 bits per heavy atom. The molecule has 0 saturated carbocycles. The number of halogens is 2. The standard InChI is InChI=1S/C9H8BrClN4O2S2/c10-9-6(11)3-8(18-9)19(16,17)15-2-1-14-5-12-13-7(14)4-15/h3,5H,1-2,4H2. The molecule has 0 N–H and O–H groups in total. The molecule has 1 aliphatic heterocycles. The Morgan fingerprint density at radius 1 is 1.42 bits per heavy atom. The Bertz CT molecular complexity index is 707. The van der Waals surface area contributed by atoms with E-state index in [1.54, 1.807) is 6.33 Å². The summed E-state index contributed by atoms with van der Waals surface area (Å²) in [6.45, 7) is 1.19. The van der Waals surface area contributed by atoms with Crippen LogP contribution in [0.2, 0.25) is 5.02 Å². The molecule has 0 aliphatic carbocycles. The van der Waals surface area contributed by atoms with Gasteiger partial charge in [0, 0.05) is 13.1 Å². The van der Waals surface area contributed by atoms with Crippen LogP contribution in [0.1, 0.15) is 5.82 Å². The first kappa shape index (κ1) is 13.5. The maximum Gasteiger partial charge on any atom is 0.253 e. The molecule has 2 aromatic rings. The molecular weight excluding hydrogens is 376 g/mol. The van der Waals surface area contributed by atoms with Gasteiger partial charge in [-0.25, -0.2) is 8.42 Å². The molecule has 102 valence electrons. The van der Waals surface area contributed by atoms with Gasteiger partial charge >= 0.3 is 0 Å². The topological polar surface area (TPSA) is 68.1 Å². The molecule has 10 heteroatoms. The summed E-state index contributed by atoms with van der Waals surface area (Å²) in [6.07, 6.45) is 1.61. The first-order chi connectivity index (χ1) is 8.98. The van der Waals surface area contributed by atoms with Crippen LogP contribution in [-0.4, -0.2) is 34.0 Å². The molecule has 0 unspecified atom stereocenters. The van der Waals surface area contributed by atoms with Gasteiger partial charge < -0.3 is 4.57 Å². The van der Waals surface area contributed by atoms with Crippen molar-refractivity contribution in [3.8, 4) is 0 Å². The summed E-state index contributed by atoms with van der Waals surface area (Å²) in [6, 6.07) is 1.46. The Labute approximate surface area is 127 Å². The molecule has 0 spiro atoms. The lowest BCUT2D eigenvalue weighted by Gasteiger charge is -2.25. The van der Waals surface area contributed by atoms with E-state index < -0.39 is 10.0 Å². The summed E-state index contributed by atoms with van der Waals surface area (Å²) in [5.74, 6) is 0.650. The SMILES string of the molecule is O=S(=O)(c1cc(Cl)c(Br)s1)N1CCn2cnnc2C1. The van der Waals surface area contributed by atoms with Crippen molar-refractivity contribution in [2.24, 2.45) is 0 Å². The van der Waals surface area contributed by atoms with Crippen molar-refractivity contribution in [3.05, 3.63) is 27.0 Å². The lowest BCUT2D eigenvalue weighted by molar-refractivity contribution is 0.336. The molecule has 3 rings (SSSR count). The average Bonchev–Trinajstić information content (AvgIpc) is 2.96. The third kappa shape index (κ3) is 2.33. The lowest BCUT2D eigenvalue weighted by atomic mass is 10.4. The first-order valence-electron chi connectivity index (χ1n) is 5.30. The summed E-state index contributed by atoms with van der Waals surface area (Å²) < 4.78 is 29.1. The van der Waals surface area contributed by atoms with Crippen LogP contribution >= 0.6 is 38.9 Å². The number of rotatable bonds is 2. The van der Waals surface area contributed by atoms with Crippen molar-refractivity contribution in [2.75, 3.05) is 6.54 Å². The minimum atomic E-state index is -3.53. The molecule has 6 nitrogen and oxygen atoms in total. The molecule has 0 bridgehead atoms. The van der Waals surface area contributed by atoms with Crippen LogP contribution in [0.25, 0.3) is 0 Å². The van der Waals surface area contributed by atoms with E-state index in [1.165, 1.54) is 10.4 Å². The number of sulfonamides is 1. The highest BCUT2D eigenvalue weighted by atomic mass is 79.9. The molecule has 0 saturated heterocycles. The van der Waals surface area contributed by atoms with Crippen LogP contribution in [0.5, 0.6) is 0 Å². The highest BCUT2D eigenvalue weighted by molar-refractivity contribution is 9.11. The van der Waals surface area contributed by atoms with Crippen LogP contribution in [0.3, 0.4) is 0 Å². The second-order valence-electron chi connectivity index (χ2n) is 3.97. The largest absolute Gasteiger partial charge is 0.315 e. The van der Waals surface area contributed by atoms with Gasteiger partial charge in [-0.1, -0.05) is 11.6 Å². The normalized spacial score (nSPS) is 16.5. The van der Waals surface area contributed by atoms with Crippen molar-refractivity contribution in [1.29, 1.82) is 0 Å². The van der Waals surface area contributed by atoms with Gasteiger partial charge in [-0.15, -0.1) is 21.5 Å². The number of hydrogen-bond donors (Lipinski definition) is 0. The molecule has 1 aliphatic rings. The fraction of sp³-hybridized carbons (Fsp3) is 0.333. The van der Waals surface area contributed by atoms with E-state index in [2.05, 4.69) is 26.1 Å². The Morgan fingerprint density at radius 3 is 2.89 bits per heavy atom. The van der Waals surface area contributed by atoms with Crippen molar-refractivity contribution >= 4 is 48.9 Å². The van der Waals surface area contributed by atoms with Crippen molar-refractivity contribution in [2.45, 2.75) is 17.3 Å². The molecule has 0 fully saturated rings. The van der Waals surface area contributed by atoms with Crippen LogP contribution < -0.4 is 0 Å². The van der Waals surface area contributed by atoms with E-state index in [1.807, 2.05) is 4.57 Å². The third-order valence-electron chi connectivity index (χ3n) is 2.82. The van der Waals surface area contributed by atoms with Crippen LogP contribution in [0.15, 0.2) is 20.4 Å². The summed E-state index contributed by atoms with van der Waals surface area (Å²) in [7, 11) is -3.53. The first-order valence-corrected chi connectivity index (χ1v) is 8.73. The lowest BCUT2D eigenvalue weighted by Crippen LogP contribution is -2.37. The van der Waals surface area contributed by atoms with E-state index >= 15 is 0 Å². The monoisotopic (exact) mass is 382 g/mol. The second-order valence-corrected chi connectivity index (χ2v) is 8.91. The van der Waals surface area contributed by atoms with E-state index in [0.717, 1.165) is 11.3 Å². The average molecular weight is 384 g/mol. The summed E-state index contributed by atoms with van der Waals surface area (Å²) in [4.78, 5) is 0. The zero-order chi connectivity index (χ0) is 13.6. The molecule has 0 aromatic carbocycles. The zero-order valence-corrected chi connectivity index (χ0v) is 13.4. The van der Waals surface area contributed by atoms with Crippen molar-refractivity contribution in [3.63, 3.8) is 0 Å². The molecule has 0 radical (unpaired) electrons. The Balaban J connectivity index is 1.94. The van der Waals surface area contributed by atoms with Gasteiger partial charge in [-0.2, -0.15) is 4.31 Å². The van der Waals surface area contributed by atoms with E-state index in [9.17, 15) is 8.42 Å². The van der Waals surface area contributed by atoms with Gasteiger partial charge in [0.05, 0.1) is 15.4 Å². The number of fused-ring (bicyclic) bond motifs is 1. The number of thiophene rings is 1. The predicted octanol–water partition coefficient (Wildman–Crippen LogP) is 1.96. The van der Waals surface area contributed by atoms with Crippen molar-refractivity contribution < 1.29 is 8.42 Å². The van der Waals surface area contributed by atoms with Gasteiger partial charge in [0.1, 0.15) is 16.4 Å². The van der Waals surface area contributed by atoms with E-state index in [4.69, 9.17) is 11.6 Å². The molecular formula is C9H8BrClN4O2S2.